The molecule has 0 bridgehead atoms. The van der Waals surface area contributed by atoms with Gasteiger partial charge in [0, 0.05) is 19.6 Å². The Hall–Kier alpha value is -1.20. The van der Waals surface area contributed by atoms with Crippen molar-refractivity contribution in [3.63, 3.8) is 0 Å². The van der Waals surface area contributed by atoms with Gasteiger partial charge in [-0.25, -0.2) is 0 Å². The maximum atomic E-state index is 12.9. The van der Waals surface area contributed by atoms with E-state index in [0.717, 1.165) is 6.42 Å². The van der Waals surface area contributed by atoms with Crippen LogP contribution in [0.25, 0.3) is 0 Å². The van der Waals surface area contributed by atoms with Crippen LogP contribution in [0.2, 0.25) is 0 Å². The first-order valence-corrected chi connectivity index (χ1v) is 5.72. The molecule has 0 N–H and O–H groups in total. The van der Waals surface area contributed by atoms with Crippen molar-refractivity contribution in [1.29, 1.82) is 0 Å². The zero-order chi connectivity index (χ0) is 12.8. The van der Waals surface area contributed by atoms with Crippen molar-refractivity contribution in [2.24, 2.45) is 7.05 Å². The molecule has 0 atom stereocenters. The van der Waals surface area contributed by atoms with Crippen molar-refractivity contribution in [3.8, 4) is 0 Å². The molecule has 0 aromatic carbocycles. The van der Waals surface area contributed by atoms with E-state index >= 15 is 0 Å². The molecule has 0 amide bonds. The summed E-state index contributed by atoms with van der Waals surface area (Å²) in [5, 5.41) is 3.65. The van der Waals surface area contributed by atoms with Crippen molar-refractivity contribution in [2.75, 3.05) is 11.4 Å². The first kappa shape index (κ1) is 12.3. The zero-order valence-electron chi connectivity index (χ0n) is 10.2. The largest absolute Gasteiger partial charge is 0.437 e. The number of nitrogens with zero attached hydrogens (tertiary/aromatic N) is 3. The number of alkyl halides is 3. The average molecular weight is 247 g/mol. The molecule has 17 heavy (non-hydrogen) atoms. The third kappa shape index (κ3) is 2.00. The summed E-state index contributed by atoms with van der Waals surface area (Å²) in [7, 11) is 1.58. The van der Waals surface area contributed by atoms with Crippen LogP contribution in [0.3, 0.4) is 0 Å². The van der Waals surface area contributed by atoms with Crippen molar-refractivity contribution < 1.29 is 13.2 Å². The molecule has 0 saturated heterocycles. The molecular weight excluding hydrogens is 231 g/mol. The number of rotatable bonds is 1. The second-order valence-electron chi connectivity index (χ2n) is 4.66. The topological polar surface area (TPSA) is 21.1 Å². The molecule has 96 valence electrons. The van der Waals surface area contributed by atoms with Crippen molar-refractivity contribution in [3.05, 3.63) is 11.4 Å². The summed E-state index contributed by atoms with van der Waals surface area (Å²) in [6, 6.07) is 0.0550. The first-order valence-electron chi connectivity index (χ1n) is 5.72. The maximum absolute atomic E-state index is 12.9. The van der Waals surface area contributed by atoms with Gasteiger partial charge in [0.15, 0.2) is 5.69 Å². The second-order valence-corrected chi connectivity index (χ2v) is 4.66. The number of fused-ring (bicyclic) bond motifs is 1. The predicted octanol–water partition coefficient (Wildman–Crippen LogP) is 2.60. The highest BCUT2D eigenvalue weighted by atomic mass is 19.4. The summed E-state index contributed by atoms with van der Waals surface area (Å²) >= 11 is 0. The van der Waals surface area contributed by atoms with E-state index in [-0.39, 0.29) is 11.7 Å². The van der Waals surface area contributed by atoms with Gasteiger partial charge >= 0.3 is 6.18 Å². The van der Waals surface area contributed by atoms with Crippen molar-refractivity contribution in [1.82, 2.24) is 9.78 Å². The van der Waals surface area contributed by atoms with E-state index in [1.807, 2.05) is 13.8 Å². The molecule has 0 saturated carbocycles. The molecule has 0 spiro atoms. The van der Waals surface area contributed by atoms with Crippen LogP contribution < -0.4 is 4.90 Å². The van der Waals surface area contributed by atoms with E-state index in [4.69, 9.17) is 0 Å². The molecule has 1 aliphatic heterocycles. The highest BCUT2D eigenvalue weighted by Gasteiger charge is 2.41. The number of anilines is 1. The standard InChI is InChI=1S/C11H16F3N3/c1-7(2)17-6-4-5-8-9(17)10(11(12,13)14)15-16(8)3/h7H,4-6H2,1-3H3. The molecule has 1 aliphatic rings. The van der Waals surface area contributed by atoms with Gasteiger partial charge in [0.25, 0.3) is 0 Å². The number of aryl methyl sites for hydroxylation is 1. The molecule has 2 heterocycles. The highest BCUT2D eigenvalue weighted by Crippen LogP contribution is 2.40. The number of aromatic nitrogens is 2. The van der Waals surface area contributed by atoms with Gasteiger partial charge in [-0.3, -0.25) is 4.68 Å². The molecule has 2 rings (SSSR count). The molecule has 0 fully saturated rings. The van der Waals surface area contributed by atoms with Gasteiger partial charge in [-0.2, -0.15) is 18.3 Å². The van der Waals surface area contributed by atoms with Crippen LogP contribution in [0.15, 0.2) is 0 Å². The minimum Gasteiger partial charge on any atom is -0.366 e. The van der Waals surface area contributed by atoms with Crippen LogP contribution in [0.4, 0.5) is 18.9 Å². The maximum Gasteiger partial charge on any atom is 0.437 e. The molecule has 1 aromatic heterocycles. The van der Waals surface area contributed by atoms with Crippen molar-refractivity contribution in [2.45, 2.75) is 38.9 Å². The average Bonchev–Trinajstić information content (AvgIpc) is 2.56. The monoisotopic (exact) mass is 247 g/mol. The molecule has 3 nitrogen and oxygen atoms in total. The fourth-order valence-corrected chi connectivity index (χ4v) is 2.37. The lowest BCUT2D eigenvalue weighted by Gasteiger charge is -2.33. The summed E-state index contributed by atoms with van der Waals surface area (Å²) in [5.41, 5.74) is 0.224. The third-order valence-corrected chi connectivity index (χ3v) is 3.13. The zero-order valence-corrected chi connectivity index (χ0v) is 10.2. The lowest BCUT2D eigenvalue weighted by molar-refractivity contribution is -0.141. The van der Waals surface area contributed by atoms with Crippen LogP contribution in [0.1, 0.15) is 31.7 Å². The molecule has 0 radical (unpaired) electrons. The van der Waals surface area contributed by atoms with E-state index in [9.17, 15) is 13.2 Å². The van der Waals surface area contributed by atoms with Gasteiger partial charge in [0.2, 0.25) is 0 Å². The Balaban J connectivity index is 2.57. The van der Waals surface area contributed by atoms with E-state index in [2.05, 4.69) is 5.10 Å². The quantitative estimate of drug-likeness (QED) is 0.760. The lowest BCUT2D eigenvalue weighted by Crippen LogP contribution is -2.36. The first-order chi connectivity index (χ1) is 7.82. The van der Waals surface area contributed by atoms with Gasteiger partial charge < -0.3 is 4.90 Å². The van der Waals surface area contributed by atoms with E-state index < -0.39 is 11.9 Å². The van der Waals surface area contributed by atoms with Gasteiger partial charge in [0.1, 0.15) is 0 Å². The minimum absolute atomic E-state index is 0.0550. The Kier molecular flexibility index (Phi) is 2.83. The van der Waals surface area contributed by atoms with Crippen LogP contribution in [0, 0.1) is 0 Å². The van der Waals surface area contributed by atoms with Crippen LogP contribution in [0.5, 0.6) is 0 Å². The highest BCUT2D eigenvalue weighted by molar-refractivity contribution is 5.59. The molecule has 0 unspecified atom stereocenters. The fourth-order valence-electron chi connectivity index (χ4n) is 2.37. The number of halogens is 3. The summed E-state index contributed by atoms with van der Waals surface area (Å²) < 4.78 is 40.1. The summed E-state index contributed by atoms with van der Waals surface area (Å²) in [6.45, 7) is 4.48. The Morgan fingerprint density at radius 1 is 1.29 bits per heavy atom. The van der Waals surface area contributed by atoms with E-state index in [1.165, 1.54) is 4.68 Å². The predicted molar refractivity (Wildman–Crippen MR) is 59.0 cm³/mol. The molecule has 1 aromatic rings. The fraction of sp³-hybridized carbons (Fsp3) is 0.727. The van der Waals surface area contributed by atoms with Crippen LogP contribution in [-0.4, -0.2) is 22.4 Å². The Bertz CT molecular complexity index is 420. The van der Waals surface area contributed by atoms with Gasteiger partial charge in [-0.05, 0) is 26.7 Å². The molecule has 0 aliphatic carbocycles. The molecular formula is C11H16F3N3. The van der Waals surface area contributed by atoms with Gasteiger partial charge in [0.05, 0.1) is 11.4 Å². The third-order valence-electron chi connectivity index (χ3n) is 3.13. The summed E-state index contributed by atoms with van der Waals surface area (Å²) in [4.78, 5) is 1.80. The Morgan fingerprint density at radius 2 is 1.94 bits per heavy atom. The molecule has 6 heteroatoms. The summed E-state index contributed by atoms with van der Waals surface area (Å²) in [5.74, 6) is 0. The lowest BCUT2D eigenvalue weighted by atomic mass is 10.1. The second kappa shape index (κ2) is 3.92. The van der Waals surface area contributed by atoms with Crippen LogP contribution >= 0.6 is 0 Å². The number of hydrogen-bond acceptors (Lipinski definition) is 2. The smallest absolute Gasteiger partial charge is 0.366 e. The normalized spacial score (nSPS) is 16.5. The van der Waals surface area contributed by atoms with Gasteiger partial charge in [-0.15, -0.1) is 0 Å². The number of hydrogen-bond donors (Lipinski definition) is 0. The SMILES string of the molecule is CC(C)N1CCCc2c1c(C(F)(F)F)nn2C. The van der Waals surface area contributed by atoms with Crippen LogP contribution in [-0.2, 0) is 19.6 Å². The Labute approximate surface area is 98.2 Å². The van der Waals surface area contributed by atoms with E-state index in [0.29, 0.717) is 18.7 Å². The summed E-state index contributed by atoms with van der Waals surface area (Å²) in [6.07, 6.45) is -2.84. The van der Waals surface area contributed by atoms with Crippen molar-refractivity contribution >= 4 is 5.69 Å². The Morgan fingerprint density at radius 3 is 2.47 bits per heavy atom. The van der Waals surface area contributed by atoms with Gasteiger partial charge in [-0.1, -0.05) is 0 Å². The van der Waals surface area contributed by atoms with E-state index in [1.54, 1.807) is 11.9 Å². The minimum atomic E-state index is -4.38.